The number of likely N-dealkylation sites (tertiary alicyclic amines) is 1. The van der Waals surface area contributed by atoms with Gasteiger partial charge in [-0.3, -0.25) is 9.69 Å². The van der Waals surface area contributed by atoms with Gasteiger partial charge in [0.1, 0.15) is 5.78 Å². The van der Waals surface area contributed by atoms with Crippen molar-refractivity contribution >= 4 is 5.78 Å². The van der Waals surface area contributed by atoms with Crippen molar-refractivity contribution in [2.75, 3.05) is 19.7 Å². The number of ether oxygens (including phenoxy) is 1. The van der Waals surface area contributed by atoms with Gasteiger partial charge in [0.15, 0.2) is 0 Å². The quantitative estimate of drug-likeness (QED) is 0.776. The van der Waals surface area contributed by atoms with E-state index >= 15 is 0 Å². The number of rotatable bonds is 5. The summed E-state index contributed by atoms with van der Waals surface area (Å²) in [5.74, 6) is 0.902. The van der Waals surface area contributed by atoms with Crippen LogP contribution < -0.4 is 0 Å². The first-order valence-corrected chi connectivity index (χ1v) is 9.23. The van der Waals surface area contributed by atoms with Gasteiger partial charge in [0, 0.05) is 25.0 Å². The predicted molar refractivity (Wildman–Crippen MR) is 84.4 cm³/mol. The first-order chi connectivity index (χ1) is 10.3. The Balaban J connectivity index is 1.49. The lowest BCUT2D eigenvalue weighted by Gasteiger charge is -2.41. The van der Waals surface area contributed by atoms with Crippen molar-refractivity contribution < 1.29 is 9.53 Å². The molecule has 0 bridgehead atoms. The van der Waals surface area contributed by atoms with Crippen LogP contribution in [-0.2, 0) is 9.53 Å². The van der Waals surface area contributed by atoms with E-state index in [9.17, 15) is 4.79 Å². The molecule has 2 saturated heterocycles. The van der Waals surface area contributed by atoms with E-state index in [1.54, 1.807) is 0 Å². The smallest absolute Gasteiger partial charge is 0.137 e. The molecule has 0 aromatic heterocycles. The summed E-state index contributed by atoms with van der Waals surface area (Å²) in [6, 6.07) is 0.552. The average Bonchev–Trinajstić information content (AvgIpc) is 3.02. The average molecular weight is 293 g/mol. The fourth-order valence-corrected chi connectivity index (χ4v) is 4.56. The second-order valence-electron chi connectivity index (χ2n) is 7.19. The molecule has 0 spiro atoms. The van der Waals surface area contributed by atoms with Crippen LogP contribution in [0.2, 0.25) is 0 Å². The molecule has 3 fully saturated rings. The summed E-state index contributed by atoms with van der Waals surface area (Å²) in [6.07, 6.45) is 13.7. The molecule has 0 aromatic rings. The van der Waals surface area contributed by atoms with Gasteiger partial charge in [-0.1, -0.05) is 12.8 Å². The summed E-state index contributed by atoms with van der Waals surface area (Å²) in [7, 11) is 0. The van der Waals surface area contributed by atoms with Crippen LogP contribution >= 0.6 is 0 Å². The molecular formula is C18H31NO2. The summed E-state index contributed by atoms with van der Waals surface area (Å²) < 4.78 is 5.73. The van der Waals surface area contributed by atoms with Crippen molar-refractivity contribution in [2.45, 2.75) is 82.8 Å². The normalized spacial score (nSPS) is 35.2. The molecule has 2 heterocycles. The molecule has 3 rings (SSSR count). The SMILES string of the molecule is O=C1CCCCC1C1CCCCN1CCCC1CCCO1. The van der Waals surface area contributed by atoms with E-state index in [2.05, 4.69) is 4.90 Å². The van der Waals surface area contributed by atoms with Crippen LogP contribution in [0.3, 0.4) is 0 Å². The van der Waals surface area contributed by atoms with Gasteiger partial charge in [-0.05, 0) is 64.5 Å². The molecule has 1 saturated carbocycles. The summed E-state index contributed by atoms with van der Waals surface area (Å²) in [4.78, 5) is 14.9. The highest BCUT2D eigenvalue weighted by Crippen LogP contribution is 2.32. The zero-order valence-electron chi connectivity index (χ0n) is 13.4. The molecule has 3 atom stereocenters. The Hall–Kier alpha value is -0.410. The molecule has 120 valence electrons. The number of hydrogen-bond acceptors (Lipinski definition) is 3. The second-order valence-corrected chi connectivity index (χ2v) is 7.19. The highest BCUT2D eigenvalue weighted by molar-refractivity contribution is 5.82. The number of piperidine rings is 1. The maximum absolute atomic E-state index is 12.3. The molecule has 0 aromatic carbocycles. The van der Waals surface area contributed by atoms with Crippen molar-refractivity contribution in [3.05, 3.63) is 0 Å². The minimum atomic E-state index is 0.349. The van der Waals surface area contributed by atoms with Crippen molar-refractivity contribution in [3.63, 3.8) is 0 Å². The van der Waals surface area contributed by atoms with E-state index in [1.165, 1.54) is 64.5 Å². The van der Waals surface area contributed by atoms with Crippen LogP contribution in [0, 0.1) is 5.92 Å². The molecule has 2 aliphatic heterocycles. The second kappa shape index (κ2) is 7.73. The Morgan fingerprint density at radius 3 is 2.76 bits per heavy atom. The van der Waals surface area contributed by atoms with E-state index in [-0.39, 0.29) is 0 Å². The number of ketones is 1. The standard InChI is InChI=1S/C18H31NO2/c20-18-11-2-1-9-16(18)17-10-3-4-12-19(17)13-5-7-15-8-6-14-21-15/h15-17H,1-14H2. The van der Waals surface area contributed by atoms with Gasteiger partial charge >= 0.3 is 0 Å². The lowest BCUT2D eigenvalue weighted by molar-refractivity contribution is -0.127. The Morgan fingerprint density at radius 2 is 1.95 bits per heavy atom. The Morgan fingerprint density at radius 1 is 1.05 bits per heavy atom. The monoisotopic (exact) mass is 293 g/mol. The van der Waals surface area contributed by atoms with Crippen LogP contribution in [0.15, 0.2) is 0 Å². The Bertz CT molecular complexity index is 338. The van der Waals surface area contributed by atoms with Crippen LogP contribution in [0.1, 0.15) is 70.6 Å². The largest absolute Gasteiger partial charge is 0.378 e. The highest BCUT2D eigenvalue weighted by Gasteiger charge is 2.35. The minimum absolute atomic E-state index is 0.349. The first-order valence-electron chi connectivity index (χ1n) is 9.23. The van der Waals surface area contributed by atoms with Crippen LogP contribution in [0.25, 0.3) is 0 Å². The molecule has 3 heteroatoms. The maximum Gasteiger partial charge on any atom is 0.137 e. The molecular weight excluding hydrogens is 262 g/mol. The minimum Gasteiger partial charge on any atom is -0.378 e. The third kappa shape index (κ3) is 4.07. The van der Waals surface area contributed by atoms with Crippen molar-refractivity contribution in [1.82, 2.24) is 4.90 Å². The Labute approximate surface area is 129 Å². The zero-order valence-corrected chi connectivity index (χ0v) is 13.4. The summed E-state index contributed by atoms with van der Waals surface area (Å²) in [6.45, 7) is 3.35. The van der Waals surface area contributed by atoms with Gasteiger partial charge in [-0.15, -0.1) is 0 Å². The van der Waals surface area contributed by atoms with Crippen molar-refractivity contribution in [1.29, 1.82) is 0 Å². The van der Waals surface area contributed by atoms with E-state index in [0.29, 0.717) is 23.8 Å². The molecule has 1 aliphatic carbocycles. The zero-order chi connectivity index (χ0) is 14.5. The fourth-order valence-electron chi connectivity index (χ4n) is 4.56. The topological polar surface area (TPSA) is 29.5 Å². The molecule has 3 unspecified atom stereocenters. The van der Waals surface area contributed by atoms with Crippen LogP contribution in [0.5, 0.6) is 0 Å². The number of carbonyl (C=O) groups is 1. The molecule has 0 radical (unpaired) electrons. The van der Waals surface area contributed by atoms with Crippen LogP contribution in [0.4, 0.5) is 0 Å². The predicted octanol–water partition coefficient (Wildman–Crippen LogP) is 3.56. The molecule has 0 N–H and O–H groups in total. The lowest BCUT2D eigenvalue weighted by Crippen LogP contribution is -2.47. The Kier molecular flexibility index (Phi) is 5.70. The van der Waals surface area contributed by atoms with Crippen molar-refractivity contribution in [2.24, 2.45) is 5.92 Å². The number of nitrogens with zero attached hydrogens (tertiary/aromatic N) is 1. The van der Waals surface area contributed by atoms with E-state index in [0.717, 1.165) is 25.9 Å². The number of carbonyl (C=O) groups excluding carboxylic acids is 1. The van der Waals surface area contributed by atoms with E-state index < -0.39 is 0 Å². The van der Waals surface area contributed by atoms with Gasteiger partial charge < -0.3 is 4.74 Å². The van der Waals surface area contributed by atoms with Crippen LogP contribution in [-0.4, -0.2) is 42.5 Å². The van der Waals surface area contributed by atoms with Gasteiger partial charge in [-0.2, -0.15) is 0 Å². The summed E-state index contributed by atoms with van der Waals surface area (Å²) in [5.41, 5.74) is 0. The fraction of sp³-hybridized carbons (Fsp3) is 0.944. The van der Waals surface area contributed by atoms with Gasteiger partial charge in [-0.25, -0.2) is 0 Å². The van der Waals surface area contributed by atoms with E-state index in [1.807, 2.05) is 0 Å². The maximum atomic E-state index is 12.3. The van der Waals surface area contributed by atoms with Gasteiger partial charge in [0.2, 0.25) is 0 Å². The molecule has 21 heavy (non-hydrogen) atoms. The number of Topliss-reactive ketones (excluding diaryl/α,β-unsaturated/α-hetero) is 1. The third-order valence-electron chi connectivity index (χ3n) is 5.73. The van der Waals surface area contributed by atoms with Gasteiger partial charge in [0.05, 0.1) is 6.10 Å². The third-order valence-corrected chi connectivity index (χ3v) is 5.73. The molecule has 0 amide bonds. The lowest BCUT2D eigenvalue weighted by atomic mass is 9.79. The highest BCUT2D eigenvalue weighted by atomic mass is 16.5. The van der Waals surface area contributed by atoms with Gasteiger partial charge in [0.25, 0.3) is 0 Å². The molecule has 3 aliphatic rings. The van der Waals surface area contributed by atoms with E-state index in [4.69, 9.17) is 4.74 Å². The summed E-state index contributed by atoms with van der Waals surface area (Å²) in [5, 5.41) is 0. The first kappa shape index (κ1) is 15.5. The summed E-state index contributed by atoms with van der Waals surface area (Å²) >= 11 is 0. The van der Waals surface area contributed by atoms with Crippen molar-refractivity contribution in [3.8, 4) is 0 Å². The molecule has 3 nitrogen and oxygen atoms in total. The number of hydrogen-bond donors (Lipinski definition) is 0.